The van der Waals surface area contributed by atoms with Crippen molar-refractivity contribution in [3.05, 3.63) is 59.7 Å². The molecule has 2 nitrogen and oxygen atoms in total. The zero-order valence-corrected chi connectivity index (χ0v) is 10.5. The first kappa shape index (κ1) is 13.6. The van der Waals surface area contributed by atoms with Crippen molar-refractivity contribution in [1.82, 2.24) is 5.32 Å². The largest absolute Gasteiger partial charge is 0.387 e. The summed E-state index contributed by atoms with van der Waals surface area (Å²) < 4.78 is 26.5. The lowest BCUT2D eigenvalue weighted by Gasteiger charge is -2.13. The Morgan fingerprint density at radius 2 is 1.68 bits per heavy atom. The number of aliphatic hydroxyl groups is 1. The van der Waals surface area contributed by atoms with Gasteiger partial charge in [0, 0.05) is 12.1 Å². The van der Waals surface area contributed by atoms with Crippen molar-refractivity contribution in [3.63, 3.8) is 0 Å². The maximum absolute atomic E-state index is 13.7. The molecule has 0 saturated carbocycles. The van der Waals surface area contributed by atoms with Gasteiger partial charge in [0.1, 0.15) is 11.6 Å². The first-order chi connectivity index (χ1) is 9.11. The minimum Gasteiger partial charge on any atom is -0.387 e. The monoisotopic (exact) mass is 263 g/mol. The van der Waals surface area contributed by atoms with Crippen LogP contribution in [0.4, 0.5) is 8.78 Å². The summed E-state index contributed by atoms with van der Waals surface area (Å²) in [6.07, 6.45) is -0.912. The lowest BCUT2D eigenvalue weighted by Crippen LogP contribution is -2.17. The highest BCUT2D eigenvalue weighted by molar-refractivity contribution is 5.64. The molecule has 0 saturated heterocycles. The van der Waals surface area contributed by atoms with Crippen molar-refractivity contribution >= 4 is 0 Å². The molecule has 0 fully saturated rings. The zero-order valence-electron chi connectivity index (χ0n) is 10.5. The molecule has 19 heavy (non-hydrogen) atoms. The lowest BCUT2D eigenvalue weighted by atomic mass is 10.00. The molecule has 0 heterocycles. The number of likely N-dealkylation sites (N-methyl/N-ethyl adjacent to an activating group) is 1. The molecule has 0 aliphatic heterocycles. The topological polar surface area (TPSA) is 32.3 Å². The average Bonchev–Trinajstić information content (AvgIpc) is 2.40. The van der Waals surface area contributed by atoms with E-state index in [2.05, 4.69) is 5.32 Å². The normalized spacial score (nSPS) is 12.4. The fraction of sp³-hybridized carbons (Fsp3) is 0.200. The summed E-state index contributed by atoms with van der Waals surface area (Å²) in [4.78, 5) is 0. The van der Waals surface area contributed by atoms with Crippen LogP contribution >= 0.6 is 0 Å². The molecule has 0 spiro atoms. The van der Waals surface area contributed by atoms with Crippen LogP contribution in [0.25, 0.3) is 11.1 Å². The van der Waals surface area contributed by atoms with Gasteiger partial charge in [0.25, 0.3) is 0 Å². The second-order valence-electron chi connectivity index (χ2n) is 4.32. The van der Waals surface area contributed by atoms with Crippen LogP contribution in [0.15, 0.2) is 42.5 Å². The van der Waals surface area contributed by atoms with Crippen LogP contribution in [0, 0.1) is 11.6 Å². The Labute approximate surface area is 110 Å². The second-order valence-corrected chi connectivity index (χ2v) is 4.32. The number of aliphatic hydroxyl groups excluding tert-OH is 1. The van der Waals surface area contributed by atoms with E-state index in [1.54, 1.807) is 31.3 Å². The Bertz CT molecular complexity index is 555. The Kier molecular flexibility index (Phi) is 4.24. The fourth-order valence-electron chi connectivity index (χ4n) is 1.92. The minimum absolute atomic E-state index is 0.233. The van der Waals surface area contributed by atoms with Gasteiger partial charge in [0.15, 0.2) is 0 Å². The van der Waals surface area contributed by atoms with E-state index < -0.39 is 11.9 Å². The first-order valence-electron chi connectivity index (χ1n) is 6.00. The SMILES string of the molecule is CNCC(O)c1cc(-c2ccc(F)cc2)ccc1F. The van der Waals surface area contributed by atoms with Gasteiger partial charge in [-0.25, -0.2) is 8.78 Å². The Morgan fingerprint density at radius 1 is 1.05 bits per heavy atom. The van der Waals surface area contributed by atoms with Crippen molar-refractivity contribution in [2.75, 3.05) is 13.6 Å². The maximum Gasteiger partial charge on any atom is 0.129 e. The summed E-state index contributed by atoms with van der Waals surface area (Å²) >= 11 is 0. The van der Waals surface area contributed by atoms with Crippen molar-refractivity contribution in [2.24, 2.45) is 0 Å². The first-order valence-corrected chi connectivity index (χ1v) is 6.00. The van der Waals surface area contributed by atoms with Gasteiger partial charge < -0.3 is 10.4 Å². The zero-order chi connectivity index (χ0) is 13.8. The standard InChI is InChI=1S/C15H15F2NO/c1-18-9-15(19)13-8-11(4-7-14(13)17)10-2-5-12(16)6-3-10/h2-8,15,18-19H,9H2,1H3. The van der Waals surface area contributed by atoms with Gasteiger partial charge >= 0.3 is 0 Å². The van der Waals surface area contributed by atoms with E-state index in [0.717, 1.165) is 11.1 Å². The smallest absolute Gasteiger partial charge is 0.129 e. The Morgan fingerprint density at radius 3 is 2.32 bits per heavy atom. The van der Waals surface area contributed by atoms with Gasteiger partial charge in [0.2, 0.25) is 0 Å². The van der Waals surface area contributed by atoms with E-state index >= 15 is 0 Å². The van der Waals surface area contributed by atoms with Crippen molar-refractivity contribution in [1.29, 1.82) is 0 Å². The average molecular weight is 263 g/mol. The summed E-state index contributed by atoms with van der Waals surface area (Å²) in [7, 11) is 1.69. The summed E-state index contributed by atoms with van der Waals surface area (Å²) in [6.45, 7) is 0.268. The van der Waals surface area contributed by atoms with E-state index in [1.807, 2.05) is 0 Å². The number of halogens is 2. The molecule has 1 unspecified atom stereocenters. The van der Waals surface area contributed by atoms with Crippen LogP contribution in [-0.2, 0) is 0 Å². The van der Waals surface area contributed by atoms with Crippen LogP contribution in [0.2, 0.25) is 0 Å². The lowest BCUT2D eigenvalue weighted by molar-refractivity contribution is 0.173. The molecule has 4 heteroatoms. The van der Waals surface area contributed by atoms with E-state index in [4.69, 9.17) is 0 Å². The molecule has 2 rings (SSSR count). The number of hydrogen-bond donors (Lipinski definition) is 2. The minimum atomic E-state index is -0.912. The van der Waals surface area contributed by atoms with E-state index in [0.29, 0.717) is 0 Å². The molecule has 0 radical (unpaired) electrons. The number of hydrogen-bond acceptors (Lipinski definition) is 2. The van der Waals surface area contributed by atoms with Gasteiger partial charge in [-0.15, -0.1) is 0 Å². The highest BCUT2D eigenvalue weighted by Crippen LogP contribution is 2.25. The molecule has 100 valence electrons. The summed E-state index contributed by atoms with van der Waals surface area (Å²) in [5.74, 6) is -0.769. The molecule has 0 amide bonds. The molecule has 0 aliphatic rings. The van der Waals surface area contributed by atoms with Gasteiger partial charge in [-0.1, -0.05) is 18.2 Å². The molecular formula is C15H15F2NO. The maximum atomic E-state index is 13.7. The number of nitrogens with one attached hydrogen (secondary N) is 1. The van der Waals surface area contributed by atoms with Crippen LogP contribution in [0.1, 0.15) is 11.7 Å². The summed E-state index contributed by atoms with van der Waals surface area (Å²) in [5, 5.41) is 12.6. The highest BCUT2D eigenvalue weighted by Gasteiger charge is 2.13. The van der Waals surface area contributed by atoms with Crippen molar-refractivity contribution in [2.45, 2.75) is 6.10 Å². The number of benzene rings is 2. The Balaban J connectivity index is 2.37. The van der Waals surface area contributed by atoms with Gasteiger partial charge in [-0.3, -0.25) is 0 Å². The molecule has 0 aromatic heterocycles. The van der Waals surface area contributed by atoms with E-state index in [9.17, 15) is 13.9 Å². The van der Waals surface area contributed by atoms with Crippen LogP contribution < -0.4 is 5.32 Å². The van der Waals surface area contributed by atoms with Crippen molar-refractivity contribution in [3.8, 4) is 11.1 Å². The Hall–Kier alpha value is -1.78. The van der Waals surface area contributed by atoms with E-state index in [1.165, 1.54) is 18.2 Å². The third-order valence-electron chi connectivity index (χ3n) is 2.93. The third kappa shape index (κ3) is 3.16. The van der Waals surface area contributed by atoms with Gasteiger partial charge in [-0.2, -0.15) is 0 Å². The molecule has 2 aromatic carbocycles. The summed E-state index contributed by atoms with van der Waals surface area (Å²) in [5.41, 5.74) is 1.75. The summed E-state index contributed by atoms with van der Waals surface area (Å²) in [6, 6.07) is 10.5. The molecule has 0 bridgehead atoms. The molecule has 0 aliphatic carbocycles. The fourth-order valence-corrected chi connectivity index (χ4v) is 1.92. The number of rotatable bonds is 4. The quantitative estimate of drug-likeness (QED) is 0.889. The predicted octanol–water partition coefficient (Wildman–Crippen LogP) is 2.88. The molecule has 2 N–H and O–H groups in total. The van der Waals surface area contributed by atoms with Crippen molar-refractivity contribution < 1.29 is 13.9 Å². The third-order valence-corrected chi connectivity index (χ3v) is 2.93. The van der Waals surface area contributed by atoms with Gasteiger partial charge in [-0.05, 0) is 42.4 Å². The predicted molar refractivity (Wildman–Crippen MR) is 70.7 cm³/mol. The molecule has 2 aromatic rings. The second kappa shape index (κ2) is 5.91. The van der Waals surface area contributed by atoms with Crippen LogP contribution in [0.3, 0.4) is 0 Å². The molecule has 1 atom stereocenters. The van der Waals surface area contributed by atoms with Crippen LogP contribution in [0.5, 0.6) is 0 Å². The van der Waals surface area contributed by atoms with Gasteiger partial charge in [0.05, 0.1) is 6.10 Å². The van der Waals surface area contributed by atoms with E-state index in [-0.39, 0.29) is 17.9 Å². The van der Waals surface area contributed by atoms with Crippen LogP contribution in [-0.4, -0.2) is 18.7 Å². The molecular weight excluding hydrogens is 248 g/mol. The highest BCUT2D eigenvalue weighted by atomic mass is 19.1.